The number of amides is 1. The Morgan fingerprint density at radius 2 is 1.96 bits per heavy atom. The molecule has 1 aromatic heterocycles. The van der Waals surface area contributed by atoms with Crippen LogP contribution in [0.25, 0.3) is 10.8 Å². The van der Waals surface area contributed by atoms with Crippen LogP contribution < -0.4 is 5.32 Å². The molecule has 2 aliphatic heterocycles. The van der Waals surface area contributed by atoms with Crippen molar-refractivity contribution in [2.75, 3.05) is 5.32 Å². The van der Waals surface area contributed by atoms with E-state index in [1.54, 1.807) is 11.1 Å². The second kappa shape index (κ2) is 6.78. The van der Waals surface area contributed by atoms with Crippen LogP contribution in [0.4, 0.5) is 5.82 Å². The number of nitrogens with one attached hydrogen (secondary N) is 1. The third-order valence-electron chi connectivity index (χ3n) is 5.27. The minimum atomic E-state index is -0.924. The molecule has 0 aliphatic carbocycles. The van der Waals surface area contributed by atoms with Crippen molar-refractivity contribution in [3.8, 4) is 0 Å². The number of hydrogen-bond acceptors (Lipinski definition) is 4. The van der Waals surface area contributed by atoms with Crippen LogP contribution in [0.1, 0.15) is 25.7 Å². The summed E-state index contributed by atoms with van der Waals surface area (Å²) >= 11 is 0. The van der Waals surface area contributed by atoms with Crippen molar-refractivity contribution in [2.45, 2.75) is 43.8 Å². The van der Waals surface area contributed by atoms with Crippen molar-refractivity contribution in [2.24, 2.45) is 0 Å². The largest absolute Gasteiger partial charge is 0.480 e. The second-order valence-electron chi connectivity index (χ2n) is 6.85. The first kappa shape index (κ1) is 16.6. The van der Waals surface area contributed by atoms with E-state index in [1.165, 1.54) is 0 Å². The van der Waals surface area contributed by atoms with Crippen LogP contribution in [-0.2, 0) is 9.59 Å². The molecule has 4 rings (SSSR count). The first-order valence-corrected chi connectivity index (χ1v) is 8.95. The zero-order chi connectivity index (χ0) is 18.1. The predicted octanol–water partition coefficient (Wildman–Crippen LogP) is 2.81. The summed E-state index contributed by atoms with van der Waals surface area (Å²) in [6.07, 6.45) is 8.25. The highest BCUT2D eigenvalue weighted by atomic mass is 16.4. The normalized spacial score (nSPS) is 26.8. The molecule has 2 N–H and O–H groups in total. The number of benzene rings is 1. The summed E-state index contributed by atoms with van der Waals surface area (Å²) < 4.78 is 0. The van der Waals surface area contributed by atoms with Crippen molar-refractivity contribution in [3.05, 3.63) is 48.7 Å². The molecule has 0 saturated carbocycles. The Bertz CT molecular complexity index is 874. The van der Waals surface area contributed by atoms with E-state index in [0.29, 0.717) is 18.7 Å². The molecule has 134 valence electrons. The van der Waals surface area contributed by atoms with E-state index < -0.39 is 18.1 Å². The fourth-order valence-corrected chi connectivity index (χ4v) is 3.98. The van der Waals surface area contributed by atoms with Crippen LogP contribution in [-0.4, -0.2) is 45.0 Å². The van der Waals surface area contributed by atoms with Crippen molar-refractivity contribution < 1.29 is 14.7 Å². The number of carboxylic acids is 1. The lowest BCUT2D eigenvalue weighted by molar-refractivity contribution is -0.150. The molecule has 1 amide bonds. The number of nitrogens with zero attached hydrogens (tertiary/aromatic N) is 2. The molecule has 6 heteroatoms. The Morgan fingerprint density at radius 3 is 2.81 bits per heavy atom. The van der Waals surface area contributed by atoms with E-state index in [0.717, 1.165) is 23.6 Å². The SMILES string of the molecule is O=C(O)C1CCC2C/C=C\CC(Nc3nccc4ccccc34)C(=O)N21. The van der Waals surface area contributed by atoms with Gasteiger partial charge in [0.2, 0.25) is 5.91 Å². The molecule has 0 radical (unpaired) electrons. The van der Waals surface area contributed by atoms with E-state index >= 15 is 0 Å². The molecule has 6 nitrogen and oxygen atoms in total. The van der Waals surface area contributed by atoms with Crippen molar-refractivity contribution in [1.82, 2.24) is 9.88 Å². The van der Waals surface area contributed by atoms with Gasteiger partial charge in [-0.15, -0.1) is 0 Å². The number of rotatable bonds is 3. The molecule has 3 atom stereocenters. The van der Waals surface area contributed by atoms with E-state index in [1.807, 2.05) is 36.4 Å². The number of carbonyl (C=O) groups is 2. The van der Waals surface area contributed by atoms with Gasteiger partial charge in [-0.1, -0.05) is 36.4 Å². The first-order valence-electron chi connectivity index (χ1n) is 8.95. The molecule has 2 aliphatic rings. The van der Waals surface area contributed by atoms with Crippen LogP contribution in [0.2, 0.25) is 0 Å². The third kappa shape index (κ3) is 2.92. The molecule has 26 heavy (non-hydrogen) atoms. The molecule has 3 unspecified atom stereocenters. The number of hydrogen-bond donors (Lipinski definition) is 2. The van der Waals surface area contributed by atoms with Gasteiger partial charge in [-0.05, 0) is 37.1 Å². The maximum Gasteiger partial charge on any atom is 0.326 e. The third-order valence-corrected chi connectivity index (χ3v) is 5.27. The van der Waals surface area contributed by atoms with Crippen LogP contribution >= 0.6 is 0 Å². The quantitative estimate of drug-likeness (QED) is 0.831. The maximum absolute atomic E-state index is 13.2. The lowest BCUT2D eigenvalue weighted by Gasteiger charge is -2.33. The van der Waals surface area contributed by atoms with Gasteiger partial charge in [0.25, 0.3) is 0 Å². The van der Waals surface area contributed by atoms with Gasteiger partial charge in [-0.3, -0.25) is 4.79 Å². The van der Waals surface area contributed by atoms with Crippen LogP contribution in [0.15, 0.2) is 48.7 Å². The van der Waals surface area contributed by atoms with Crippen molar-refractivity contribution in [3.63, 3.8) is 0 Å². The second-order valence-corrected chi connectivity index (χ2v) is 6.85. The van der Waals surface area contributed by atoms with Gasteiger partial charge in [0.05, 0.1) is 0 Å². The van der Waals surface area contributed by atoms with Crippen molar-refractivity contribution in [1.29, 1.82) is 0 Å². The number of carboxylic acid groups (broad SMARTS) is 1. The summed E-state index contributed by atoms with van der Waals surface area (Å²) in [5, 5.41) is 14.8. The predicted molar refractivity (Wildman–Crippen MR) is 98.8 cm³/mol. The van der Waals surface area contributed by atoms with Gasteiger partial charge >= 0.3 is 5.97 Å². The number of aliphatic carboxylic acids is 1. The average molecular weight is 351 g/mol. The van der Waals surface area contributed by atoms with Gasteiger partial charge in [0, 0.05) is 17.6 Å². The Balaban J connectivity index is 1.66. The number of fused-ring (bicyclic) bond motifs is 2. The highest BCUT2D eigenvalue weighted by Crippen LogP contribution is 2.31. The Kier molecular flexibility index (Phi) is 4.32. The smallest absolute Gasteiger partial charge is 0.326 e. The molecule has 3 heterocycles. The van der Waals surface area contributed by atoms with Gasteiger partial charge in [0.15, 0.2) is 0 Å². The zero-order valence-corrected chi connectivity index (χ0v) is 14.3. The summed E-state index contributed by atoms with van der Waals surface area (Å²) in [5.41, 5.74) is 0. The standard InChI is InChI=1S/C20H21N3O3/c24-19-16(22-18-15-7-3-1-5-13(15)11-12-21-18)8-4-2-6-14-9-10-17(20(25)26)23(14)19/h1-5,7,11-12,14,16-17H,6,8-10H2,(H,21,22)(H,25,26)/b4-2-. The van der Waals surface area contributed by atoms with Gasteiger partial charge in [-0.2, -0.15) is 0 Å². The highest BCUT2D eigenvalue weighted by molar-refractivity contribution is 5.95. The molecular weight excluding hydrogens is 330 g/mol. The summed E-state index contributed by atoms with van der Waals surface area (Å²) in [7, 11) is 0. The highest BCUT2D eigenvalue weighted by Gasteiger charge is 2.43. The molecule has 0 spiro atoms. The number of aromatic nitrogens is 1. The minimum absolute atomic E-state index is 0.0371. The molecule has 0 bridgehead atoms. The van der Waals surface area contributed by atoms with Crippen molar-refractivity contribution >= 4 is 28.5 Å². The van der Waals surface area contributed by atoms with E-state index in [2.05, 4.69) is 16.4 Å². The lowest BCUT2D eigenvalue weighted by atomic mass is 10.0. The fourth-order valence-electron chi connectivity index (χ4n) is 3.98. The Morgan fingerprint density at radius 1 is 1.15 bits per heavy atom. The van der Waals surface area contributed by atoms with Crippen LogP contribution in [0, 0.1) is 0 Å². The number of carbonyl (C=O) groups excluding carboxylic acids is 1. The summed E-state index contributed by atoms with van der Waals surface area (Å²) in [5.74, 6) is -0.426. The van der Waals surface area contributed by atoms with Gasteiger partial charge in [0.1, 0.15) is 17.9 Å². The van der Waals surface area contributed by atoms with Crippen LogP contribution in [0.3, 0.4) is 0 Å². The number of anilines is 1. The summed E-state index contributed by atoms with van der Waals surface area (Å²) in [4.78, 5) is 30.8. The molecule has 2 aromatic rings. The van der Waals surface area contributed by atoms with E-state index in [4.69, 9.17) is 0 Å². The molecule has 1 aromatic carbocycles. The lowest BCUT2D eigenvalue weighted by Crippen LogP contribution is -2.51. The number of pyridine rings is 1. The average Bonchev–Trinajstić information content (AvgIpc) is 3.06. The van der Waals surface area contributed by atoms with E-state index in [9.17, 15) is 14.7 Å². The Labute approximate surface area is 151 Å². The Hall–Kier alpha value is -2.89. The van der Waals surface area contributed by atoms with Crippen LogP contribution in [0.5, 0.6) is 0 Å². The monoisotopic (exact) mass is 351 g/mol. The molecular formula is C20H21N3O3. The summed E-state index contributed by atoms with van der Waals surface area (Å²) in [6, 6.07) is 8.50. The summed E-state index contributed by atoms with van der Waals surface area (Å²) in [6.45, 7) is 0. The molecule has 1 saturated heterocycles. The van der Waals surface area contributed by atoms with Gasteiger partial charge in [-0.25, -0.2) is 9.78 Å². The zero-order valence-electron chi connectivity index (χ0n) is 14.3. The minimum Gasteiger partial charge on any atom is -0.480 e. The van der Waals surface area contributed by atoms with E-state index in [-0.39, 0.29) is 11.9 Å². The first-order chi connectivity index (χ1) is 12.6. The topological polar surface area (TPSA) is 82.5 Å². The molecule has 1 fully saturated rings. The van der Waals surface area contributed by atoms with Gasteiger partial charge < -0.3 is 15.3 Å². The maximum atomic E-state index is 13.2. The fraction of sp³-hybridized carbons (Fsp3) is 0.350.